The topological polar surface area (TPSA) is 91.4 Å². The van der Waals surface area contributed by atoms with E-state index in [1.54, 1.807) is 12.0 Å². The predicted octanol–water partition coefficient (Wildman–Crippen LogP) is 0.275. The average Bonchev–Trinajstić information content (AvgIpc) is 3.12. The van der Waals surface area contributed by atoms with Crippen LogP contribution in [0.25, 0.3) is 0 Å². The Bertz CT molecular complexity index is 319. The summed E-state index contributed by atoms with van der Waals surface area (Å²) in [5, 5.41) is 10.5. The average molecular weight is 240 g/mol. The van der Waals surface area contributed by atoms with Gasteiger partial charge in [0.2, 0.25) is 0 Å². The first-order valence-corrected chi connectivity index (χ1v) is 6.02. The van der Waals surface area contributed by atoms with Gasteiger partial charge >= 0.3 is 6.03 Å². The number of ether oxygens (including phenoxy) is 1. The van der Waals surface area contributed by atoms with Gasteiger partial charge in [-0.1, -0.05) is 0 Å². The second-order valence-corrected chi connectivity index (χ2v) is 4.82. The van der Waals surface area contributed by atoms with Crippen LogP contribution in [0.3, 0.4) is 0 Å². The van der Waals surface area contributed by atoms with Crippen LogP contribution in [0, 0.1) is 5.41 Å². The smallest absolute Gasteiger partial charge is 0.317 e. The lowest BCUT2D eigenvalue weighted by Gasteiger charge is -2.39. The van der Waals surface area contributed by atoms with E-state index in [1.807, 2.05) is 0 Å². The van der Waals surface area contributed by atoms with E-state index in [0.29, 0.717) is 32.0 Å². The van der Waals surface area contributed by atoms with Crippen molar-refractivity contribution in [1.29, 1.82) is 5.41 Å². The number of methoxy groups -OCH3 is 1. The molecule has 2 rings (SSSR count). The number of hydrogen-bond donors (Lipinski definition) is 3. The summed E-state index contributed by atoms with van der Waals surface area (Å²) in [6, 6.07) is 0.380. The Morgan fingerprint density at radius 1 is 1.47 bits per heavy atom. The molecule has 2 amide bonds. The summed E-state index contributed by atoms with van der Waals surface area (Å²) in [5.74, 6) is 0.0576. The molecule has 0 unspecified atom stereocenters. The molecule has 0 atom stereocenters. The highest BCUT2D eigenvalue weighted by Gasteiger charge is 2.39. The highest BCUT2D eigenvalue weighted by Crippen LogP contribution is 2.26. The quantitative estimate of drug-likeness (QED) is 0.488. The Morgan fingerprint density at radius 3 is 2.47 bits per heavy atom. The Labute approximate surface area is 101 Å². The Hall–Kier alpha value is -1.30. The van der Waals surface area contributed by atoms with Crippen LogP contribution in [0.4, 0.5) is 4.79 Å². The third kappa shape index (κ3) is 2.52. The molecule has 2 aliphatic rings. The van der Waals surface area contributed by atoms with Gasteiger partial charge in [-0.3, -0.25) is 5.41 Å². The maximum absolute atomic E-state index is 11.8. The number of nitrogens with zero attached hydrogens (tertiary/aromatic N) is 1. The van der Waals surface area contributed by atoms with Crippen LogP contribution in [0.1, 0.15) is 25.7 Å². The van der Waals surface area contributed by atoms with Crippen LogP contribution < -0.4 is 11.1 Å². The maximum Gasteiger partial charge on any atom is 0.317 e. The number of carbonyl (C=O) groups excluding carboxylic acids is 1. The molecule has 96 valence electrons. The molecule has 2 fully saturated rings. The molecule has 1 saturated carbocycles. The molecule has 6 nitrogen and oxygen atoms in total. The number of piperidine rings is 1. The molecule has 4 N–H and O–H groups in total. The summed E-state index contributed by atoms with van der Waals surface area (Å²) in [6.45, 7) is 1.18. The van der Waals surface area contributed by atoms with Crippen molar-refractivity contribution in [3.05, 3.63) is 0 Å². The zero-order valence-corrected chi connectivity index (χ0v) is 10.2. The Balaban J connectivity index is 1.87. The second-order valence-electron chi connectivity index (χ2n) is 4.82. The van der Waals surface area contributed by atoms with Crippen molar-refractivity contribution in [2.75, 3.05) is 20.2 Å². The fourth-order valence-electron chi connectivity index (χ4n) is 2.15. The fourth-order valence-corrected chi connectivity index (χ4v) is 2.15. The van der Waals surface area contributed by atoms with Crippen molar-refractivity contribution in [1.82, 2.24) is 10.2 Å². The van der Waals surface area contributed by atoms with E-state index in [0.717, 1.165) is 12.8 Å². The van der Waals surface area contributed by atoms with E-state index in [1.165, 1.54) is 0 Å². The minimum Gasteiger partial charge on any atom is -0.385 e. The van der Waals surface area contributed by atoms with E-state index in [-0.39, 0.29) is 11.9 Å². The van der Waals surface area contributed by atoms with Gasteiger partial charge in [-0.2, -0.15) is 0 Å². The number of carbonyl (C=O) groups is 1. The van der Waals surface area contributed by atoms with Gasteiger partial charge in [0.1, 0.15) is 11.4 Å². The van der Waals surface area contributed by atoms with E-state index in [4.69, 9.17) is 15.9 Å². The first-order chi connectivity index (χ1) is 8.07. The molecule has 1 aliphatic carbocycles. The molecule has 1 saturated heterocycles. The van der Waals surface area contributed by atoms with Crippen LogP contribution >= 0.6 is 0 Å². The van der Waals surface area contributed by atoms with Crippen LogP contribution in [-0.4, -0.2) is 48.6 Å². The third-order valence-corrected chi connectivity index (χ3v) is 3.64. The number of rotatable bonds is 3. The highest BCUT2D eigenvalue weighted by atomic mass is 16.5. The lowest BCUT2D eigenvalue weighted by Crippen LogP contribution is -2.55. The SMILES string of the molecule is COC1(C(=N)N)CCN(C(=O)NC2CC2)CC1. The monoisotopic (exact) mass is 240 g/mol. The third-order valence-electron chi connectivity index (χ3n) is 3.64. The van der Waals surface area contributed by atoms with Crippen LogP contribution in [0.5, 0.6) is 0 Å². The van der Waals surface area contributed by atoms with Crippen molar-refractivity contribution in [2.45, 2.75) is 37.3 Å². The second kappa shape index (κ2) is 4.52. The van der Waals surface area contributed by atoms with E-state index in [2.05, 4.69) is 5.32 Å². The van der Waals surface area contributed by atoms with Crippen LogP contribution in [-0.2, 0) is 4.74 Å². The maximum atomic E-state index is 11.8. The molecule has 1 heterocycles. The zero-order valence-electron chi connectivity index (χ0n) is 10.2. The van der Waals surface area contributed by atoms with Gasteiger partial charge < -0.3 is 20.7 Å². The van der Waals surface area contributed by atoms with Crippen molar-refractivity contribution in [3.8, 4) is 0 Å². The summed E-state index contributed by atoms with van der Waals surface area (Å²) < 4.78 is 5.35. The van der Waals surface area contributed by atoms with Crippen molar-refractivity contribution in [3.63, 3.8) is 0 Å². The van der Waals surface area contributed by atoms with Gasteiger partial charge in [0.25, 0.3) is 0 Å². The van der Waals surface area contributed by atoms with Gasteiger partial charge in [-0.25, -0.2) is 4.79 Å². The number of amidine groups is 1. The van der Waals surface area contributed by atoms with Gasteiger partial charge in [0.05, 0.1) is 0 Å². The van der Waals surface area contributed by atoms with Crippen LogP contribution in [0.2, 0.25) is 0 Å². The van der Waals surface area contributed by atoms with Crippen molar-refractivity contribution >= 4 is 11.9 Å². The minimum absolute atomic E-state index is 0.000699. The molecular weight excluding hydrogens is 220 g/mol. The highest BCUT2D eigenvalue weighted by molar-refractivity contribution is 5.86. The van der Waals surface area contributed by atoms with Crippen molar-refractivity contribution < 1.29 is 9.53 Å². The van der Waals surface area contributed by atoms with E-state index < -0.39 is 5.60 Å². The summed E-state index contributed by atoms with van der Waals surface area (Å²) >= 11 is 0. The van der Waals surface area contributed by atoms with Gasteiger partial charge in [-0.15, -0.1) is 0 Å². The number of nitrogens with one attached hydrogen (secondary N) is 2. The summed E-state index contributed by atoms with van der Waals surface area (Å²) in [5.41, 5.74) is 4.89. The standard InChI is InChI=1S/C11H20N4O2/c1-17-11(9(12)13)4-6-15(7-5-11)10(16)14-8-2-3-8/h8H,2-7H2,1H3,(H3,12,13)(H,14,16). The first kappa shape index (κ1) is 12.2. The lowest BCUT2D eigenvalue weighted by molar-refractivity contribution is 0.00232. The molecule has 0 radical (unpaired) electrons. The molecule has 0 aromatic heterocycles. The minimum atomic E-state index is -0.670. The van der Waals surface area contributed by atoms with Crippen LogP contribution in [0.15, 0.2) is 0 Å². The molecule has 0 bridgehead atoms. The summed E-state index contributed by atoms with van der Waals surface area (Å²) in [7, 11) is 1.57. The Kier molecular flexibility index (Phi) is 3.24. The first-order valence-electron chi connectivity index (χ1n) is 6.02. The van der Waals surface area contributed by atoms with E-state index >= 15 is 0 Å². The largest absolute Gasteiger partial charge is 0.385 e. The lowest BCUT2D eigenvalue weighted by atomic mass is 9.90. The molecule has 17 heavy (non-hydrogen) atoms. The number of likely N-dealkylation sites (tertiary alicyclic amines) is 1. The molecule has 0 aromatic carbocycles. The number of amides is 2. The molecule has 1 aliphatic heterocycles. The van der Waals surface area contributed by atoms with Gasteiger partial charge in [0, 0.05) is 39.1 Å². The molecule has 0 spiro atoms. The fraction of sp³-hybridized carbons (Fsp3) is 0.818. The number of hydrogen-bond acceptors (Lipinski definition) is 3. The Morgan fingerprint density at radius 2 is 2.06 bits per heavy atom. The summed E-state index contributed by atoms with van der Waals surface area (Å²) in [6.07, 6.45) is 3.37. The van der Waals surface area contributed by atoms with Gasteiger partial charge in [-0.05, 0) is 12.8 Å². The molecule has 0 aromatic rings. The molecular formula is C11H20N4O2. The normalized spacial score (nSPS) is 23.2. The predicted molar refractivity (Wildman–Crippen MR) is 64.0 cm³/mol. The van der Waals surface area contributed by atoms with E-state index in [9.17, 15) is 4.79 Å². The number of nitrogens with two attached hydrogens (primary N) is 1. The summed E-state index contributed by atoms with van der Waals surface area (Å²) in [4.78, 5) is 13.6. The van der Waals surface area contributed by atoms with Gasteiger partial charge in [0.15, 0.2) is 0 Å². The van der Waals surface area contributed by atoms with Crippen molar-refractivity contribution in [2.24, 2.45) is 5.73 Å². The molecule has 6 heteroatoms. The zero-order chi connectivity index (χ0) is 12.5. The number of urea groups is 1.